The lowest BCUT2D eigenvalue weighted by molar-refractivity contribution is -0.116. The monoisotopic (exact) mass is 460 g/mol. The highest BCUT2D eigenvalue weighted by atomic mass is 79.9. The molecule has 0 radical (unpaired) electrons. The number of anilines is 1. The standard InChI is InChI=1S/C15H14Br2N2O3S/c16-11-5-7-12(8-6-11)23(21,22)18-10-9-15(20)19-14-4-2-1-3-13(14)17/h1-8,18H,9-10H2,(H,19,20). The molecule has 0 unspecified atom stereocenters. The van der Waals surface area contributed by atoms with Crippen LogP contribution < -0.4 is 10.0 Å². The lowest BCUT2D eigenvalue weighted by Crippen LogP contribution is -2.27. The van der Waals surface area contributed by atoms with E-state index in [-0.39, 0.29) is 23.8 Å². The molecule has 0 saturated heterocycles. The van der Waals surface area contributed by atoms with E-state index in [1.54, 1.807) is 24.3 Å². The molecule has 0 saturated carbocycles. The van der Waals surface area contributed by atoms with Gasteiger partial charge in [0.25, 0.3) is 0 Å². The van der Waals surface area contributed by atoms with E-state index in [1.807, 2.05) is 12.1 Å². The zero-order chi connectivity index (χ0) is 16.9. The zero-order valence-electron chi connectivity index (χ0n) is 11.9. The molecule has 0 aliphatic rings. The molecule has 2 aromatic carbocycles. The van der Waals surface area contributed by atoms with Crippen molar-refractivity contribution in [3.63, 3.8) is 0 Å². The second kappa shape index (κ2) is 8.05. The van der Waals surface area contributed by atoms with E-state index >= 15 is 0 Å². The Morgan fingerprint density at radius 2 is 1.65 bits per heavy atom. The summed E-state index contributed by atoms with van der Waals surface area (Å²) < 4.78 is 28.1. The minimum atomic E-state index is -3.61. The smallest absolute Gasteiger partial charge is 0.240 e. The molecule has 2 N–H and O–H groups in total. The van der Waals surface area contributed by atoms with Crippen molar-refractivity contribution in [1.29, 1.82) is 0 Å². The summed E-state index contributed by atoms with van der Waals surface area (Å²) in [5.41, 5.74) is 0.647. The van der Waals surface area contributed by atoms with E-state index in [0.29, 0.717) is 5.69 Å². The maximum atomic E-state index is 12.1. The van der Waals surface area contributed by atoms with Crippen LogP contribution in [0.2, 0.25) is 0 Å². The largest absolute Gasteiger partial charge is 0.325 e. The Labute approximate surface area is 151 Å². The number of hydrogen-bond donors (Lipinski definition) is 2. The van der Waals surface area contributed by atoms with Gasteiger partial charge in [0, 0.05) is 21.9 Å². The normalized spacial score (nSPS) is 11.2. The van der Waals surface area contributed by atoms with Crippen LogP contribution in [0.25, 0.3) is 0 Å². The lowest BCUT2D eigenvalue weighted by atomic mass is 10.3. The maximum Gasteiger partial charge on any atom is 0.240 e. The maximum absolute atomic E-state index is 12.1. The van der Waals surface area contributed by atoms with Gasteiger partial charge in [-0.25, -0.2) is 13.1 Å². The molecule has 122 valence electrons. The van der Waals surface area contributed by atoms with Gasteiger partial charge in [-0.05, 0) is 52.3 Å². The molecule has 0 spiro atoms. The van der Waals surface area contributed by atoms with Crippen LogP contribution >= 0.6 is 31.9 Å². The second-order valence-corrected chi connectivity index (χ2v) is 8.17. The number of halogens is 2. The van der Waals surface area contributed by atoms with E-state index in [2.05, 4.69) is 41.9 Å². The zero-order valence-corrected chi connectivity index (χ0v) is 15.9. The SMILES string of the molecule is O=C(CCNS(=O)(=O)c1ccc(Br)cc1)Nc1ccccc1Br. The van der Waals surface area contributed by atoms with Gasteiger partial charge in [0.2, 0.25) is 15.9 Å². The molecule has 0 bridgehead atoms. The molecule has 2 aromatic rings. The Morgan fingerprint density at radius 3 is 2.30 bits per heavy atom. The molecule has 0 aliphatic heterocycles. The van der Waals surface area contributed by atoms with Crippen molar-refractivity contribution in [2.24, 2.45) is 0 Å². The van der Waals surface area contributed by atoms with Gasteiger partial charge >= 0.3 is 0 Å². The summed E-state index contributed by atoms with van der Waals surface area (Å²) in [5.74, 6) is -0.268. The molecular formula is C15H14Br2N2O3S. The Morgan fingerprint density at radius 1 is 1.00 bits per heavy atom. The van der Waals surface area contributed by atoms with Crippen molar-refractivity contribution in [3.8, 4) is 0 Å². The van der Waals surface area contributed by atoms with Gasteiger partial charge in [-0.3, -0.25) is 4.79 Å². The third kappa shape index (κ3) is 5.42. The van der Waals surface area contributed by atoms with E-state index in [0.717, 1.165) is 8.95 Å². The molecule has 0 atom stereocenters. The third-order valence-electron chi connectivity index (χ3n) is 2.92. The molecule has 5 nitrogen and oxygen atoms in total. The Kier molecular flexibility index (Phi) is 6.34. The fraction of sp³-hybridized carbons (Fsp3) is 0.133. The fourth-order valence-electron chi connectivity index (χ4n) is 1.77. The highest BCUT2D eigenvalue weighted by molar-refractivity contribution is 9.10. The van der Waals surface area contributed by atoms with Gasteiger partial charge in [-0.15, -0.1) is 0 Å². The summed E-state index contributed by atoms with van der Waals surface area (Å²) in [7, 11) is -3.61. The summed E-state index contributed by atoms with van der Waals surface area (Å²) in [5, 5.41) is 2.72. The summed E-state index contributed by atoms with van der Waals surface area (Å²) >= 11 is 6.58. The van der Waals surface area contributed by atoms with E-state index in [9.17, 15) is 13.2 Å². The van der Waals surface area contributed by atoms with Gasteiger partial charge in [0.1, 0.15) is 0 Å². The number of carbonyl (C=O) groups is 1. The van der Waals surface area contributed by atoms with Crippen LogP contribution in [0.4, 0.5) is 5.69 Å². The molecular weight excluding hydrogens is 448 g/mol. The summed E-state index contributed by atoms with van der Waals surface area (Å²) in [4.78, 5) is 12.0. The van der Waals surface area contributed by atoms with E-state index in [1.165, 1.54) is 12.1 Å². The predicted molar refractivity (Wildman–Crippen MR) is 96.7 cm³/mol. The molecule has 0 fully saturated rings. The second-order valence-electron chi connectivity index (χ2n) is 4.63. The number of para-hydroxylation sites is 1. The average Bonchev–Trinajstić information content (AvgIpc) is 2.50. The predicted octanol–water partition coefficient (Wildman–Crippen LogP) is 3.52. The van der Waals surface area contributed by atoms with Crippen LogP contribution in [0.5, 0.6) is 0 Å². The third-order valence-corrected chi connectivity index (χ3v) is 5.61. The first-order chi connectivity index (χ1) is 10.9. The summed E-state index contributed by atoms with van der Waals surface area (Å²) in [6.45, 7) is 0.0225. The molecule has 0 aliphatic carbocycles. The number of rotatable bonds is 6. The van der Waals surface area contributed by atoms with Crippen molar-refractivity contribution >= 4 is 53.5 Å². The van der Waals surface area contributed by atoms with Crippen LogP contribution in [0.1, 0.15) is 6.42 Å². The lowest BCUT2D eigenvalue weighted by Gasteiger charge is -2.09. The van der Waals surface area contributed by atoms with Crippen molar-refractivity contribution in [2.45, 2.75) is 11.3 Å². The highest BCUT2D eigenvalue weighted by Gasteiger charge is 2.14. The topological polar surface area (TPSA) is 75.3 Å². The van der Waals surface area contributed by atoms with Crippen LogP contribution in [-0.2, 0) is 14.8 Å². The summed E-state index contributed by atoms with van der Waals surface area (Å²) in [6.07, 6.45) is 0.0388. The summed E-state index contributed by atoms with van der Waals surface area (Å²) in [6, 6.07) is 13.5. The molecule has 8 heteroatoms. The van der Waals surface area contributed by atoms with Crippen LogP contribution in [0, 0.1) is 0 Å². The number of benzene rings is 2. The van der Waals surface area contributed by atoms with Crippen LogP contribution in [0.15, 0.2) is 62.4 Å². The van der Waals surface area contributed by atoms with E-state index in [4.69, 9.17) is 0 Å². The number of amides is 1. The minimum Gasteiger partial charge on any atom is -0.325 e. The number of hydrogen-bond acceptors (Lipinski definition) is 3. The molecule has 2 rings (SSSR count). The van der Waals surface area contributed by atoms with Crippen molar-refractivity contribution in [2.75, 3.05) is 11.9 Å². The first-order valence-corrected chi connectivity index (χ1v) is 9.75. The first kappa shape index (κ1) is 18.1. The molecule has 1 amide bonds. The van der Waals surface area contributed by atoms with Crippen molar-refractivity contribution in [1.82, 2.24) is 4.72 Å². The Balaban J connectivity index is 1.88. The minimum absolute atomic E-state index is 0.0225. The average molecular weight is 462 g/mol. The Bertz CT molecular complexity index is 793. The van der Waals surface area contributed by atoms with Gasteiger partial charge in [0.15, 0.2) is 0 Å². The van der Waals surface area contributed by atoms with Gasteiger partial charge in [-0.2, -0.15) is 0 Å². The fourth-order valence-corrected chi connectivity index (χ4v) is 3.45. The number of sulfonamides is 1. The molecule has 0 aromatic heterocycles. The van der Waals surface area contributed by atoms with E-state index < -0.39 is 10.0 Å². The Hall–Kier alpha value is -1.22. The van der Waals surface area contributed by atoms with Gasteiger partial charge in [-0.1, -0.05) is 28.1 Å². The molecule has 23 heavy (non-hydrogen) atoms. The number of carbonyl (C=O) groups excluding carboxylic acids is 1. The number of nitrogens with one attached hydrogen (secondary N) is 2. The van der Waals surface area contributed by atoms with Crippen LogP contribution in [-0.4, -0.2) is 20.9 Å². The first-order valence-electron chi connectivity index (χ1n) is 6.68. The van der Waals surface area contributed by atoms with Crippen molar-refractivity contribution in [3.05, 3.63) is 57.5 Å². The van der Waals surface area contributed by atoms with Gasteiger partial charge < -0.3 is 5.32 Å². The van der Waals surface area contributed by atoms with Crippen LogP contribution in [0.3, 0.4) is 0 Å². The molecule has 0 heterocycles. The van der Waals surface area contributed by atoms with Gasteiger partial charge in [0.05, 0.1) is 10.6 Å². The quantitative estimate of drug-likeness (QED) is 0.690. The highest BCUT2D eigenvalue weighted by Crippen LogP contribution is 2.21. The van der Waals surface area contributed by atoms with Crippen molar-refractivity contribution < 1.29 is 13.2 Å².